The minimum Gasteiger partial charge on any atom is -0.496 e. The fourth-order valence-electron chi connectivity index (χ4n) is 2.80. The van der Waals surface area contributed by atoms with Crippen molar-refractivity contribution in [1.82, 2.24) is 4.98 Å². The van der Waals surface area contributed by atoms with Crippen LogP contribution < -0.4 is 10.5 Å². The number of aromatic nitrogens is 1. The highest BCUT2D eigenvalue weighted by atomic mass is 16.5. The smallest absolute Gasteiger partial charge is 0.128 e. The second-order valence-electron chi connectivity index (χ2n) is 5.86. The zero-order valence-corrected chi connectivity index (χ0v) is 11.9. The van der Waals surface area contributed by atoms with Crippen LogP contribution in [0.2, 0.25) is 0 Å². The van der Waals surface area contributed by atoms with Gasteiger partial charge in [-0.3, -0.25) is 4.98 Å². The molecule has 3 heteroatoms. The van der Waals surface area contributed by atoms with Crippen LogP contribution in [-0.4, -0.2) is 18.6 Å². The third-order valence-corrected chi connectivity index (χ3v) is 4.35. The van der Waals surface area contributed by atoms with Crippen molar-refractivity contribution < 1.29 is 4.74 Å². The summed E-state index contributed by atoms with van der Waals surface area (Å²) in [5.41, 5.74) is 9.58. The number of rotatable bonds is 5. The molecule has 3 nitrogen and oxygen atoms in total. The Morgan fingerprint density at radius 3 is 2.61 bits per heavy atom. The minimum atomic E-state index is 0.192. The Balaban J connectivity index is 2.28. The zero-order chi connectivity index (χ0) is 13.3. The van der Waals surface area contributed by atoms with E-state index < -0.39 is 0 Å². The van der Waals surface area contributed by atoms with E-state index in [0.29, 0.717) is 0 Å². The molecule has 2 rings (SSSR count). The summed E-state index contributed by atoms with van der Waals surface area (Å²) in [6, 6.07) is 0. The van der Waals surface area contributed by atoms with Gasteiger partial charge in [-0.15, -0.1) is 0 Å². The van der Waals surface area contributed by atoms with Gasteiger partial charge >= 0.3 is 0 Å². The Hall–Kier alpha value is -1.09. The van der Waals surface area contributed by atoms with Gasteiger partial charge in [0.1, 0.15) is 5.75 Å². The monoisotopic (exact) mass is 248 g/mol. The van der Waals surface area contributed by atoms with Crippen LogP contribution in [0.25, 0.3) is 0 Å². The highest BCUT2D eigenvalue weighted by molar-refractivity contribution is 5.41. The van der Waals surface area contributed by atoms with Crippen LogP contribution in [-0.2, 0) is 6.42 Å². The maximum absolute atomic E-state index is 5.99. The number of ether oxygens (including phenoxy) is 1. The Morgan fingerprint density at radius 2 is 2.11 bits per heavy atom. The first kappa shape index (κ1) is 13.3. The molecular formula is C15H24N2O. The molecule has 1 aromatic rings. The van der Waals surface area contributed by atoms with Gasteiger partial charge in [-0.05, 0) is 51.0 Å². The molecule has 0 saturated heterocycles. The van der Waals surface area contributed by atoms with Gasteiger partial charge in [0.15, 0.2) is 0 Å². The van der Waals surface area contributed by atoms with Crippen molar-refractivity contribution in [1.29, 1.82) is 0 Å². The number of aryl methyl sites for hydroxylation is 1. The van der Waals surface area contributed by atoms with Crippen molar-refractivity contribution in [2.45, 2.75) is 40.0 Å². The van der Waals surface area contributed by atoms with Gasteiger partial charge in [0, 0.05) is 23.0 Å². The van der Waals surface area contributed by atoms with E-state index in [0.717, 1.165) is 41.5 Å². The van der Waals surface area contributed by atoms with Crippen LogP contribution in [0.5, 0.6) is 5.75 Å². The number of nitrogens with two attached hydrogens (primary N) is 1. The molecule has 0 radical (unpaired) electrons. The molecule has 0 aromatic carbocycles. The fraction of sp³-hybridized carbons (Fsp3) is 0.667. The van der Waals surface area contributed by atoms with Gasteiger partial charge in [-0.25, -0.2) is 0 Å². The maximum atomic E-state index is 5.99. The minimum absolute atomic E-state index is 0.192. The lowest BCUT2D eigenvalue weighted by Gasteiger charge is -2.28. The van der Waals surface area contributed by atoms with E-state index in [1.165, 1.54) is 12.8 Å². The van der Waals surface area contributed by atoms with Gasteiger partial charge in [0.2, 0.25) is 0 Å². The fourth-order valence-corrected chi connectivity index (χ4v) is 2.80. The Labute approximate surface area is 110 Å². The summed E-state index contributed by atoms with van der Waals surface area (Å²) >= 11 is 0. The van der Waals surface area contributed by atoms with Crippen molar-refractivity contribution in [3.63, 3.8) is 0 Å². The average molecular weight is 248 g/mol. The van der Waals surface area contributed by atoms with Gasteiger partial charge in [-0.2, -0.15) is 0 Å². The Morgan fingerprint density at radius 1 is 1.44 bits per heavy atom. The zero-order valence-electron chi connectivity index (χ0n) is 11.9. The highest BCUT2D eigenvalue weighted by Gasteiger charge is 2.41. The molecule has 18 heavy (non-hydrogen) atoms. The molecule has 0 amide bonds. The summed E-state index contributed by atoms with van der Waals surface area (Å²) in [7, 11) is 1.72. The molecule has 1 aliphatic rings. The number of nitrogens with zero attached hydrogens (tertiary/aromatic N) is 1. The van der Waals surface area contributed by atoms with Gasteiger partial charge in [0.25, 0.3) is 0 Å². The lowest BCUT2D eigenvalue weighted by Crippen LogP contribution is -2.32. The van der Waals surface area contributed by atoms with Crippen LogP contribution in [0.15, 0.2) is 6.20 Å². The summed E-state index contributed by atoms with van der Waals surface area (Å²) in [6.45, 7) is 7.15. The lowest BCUT2D eigenvalue weighted by atomic mass is 9.79. The summed E-state index contributed by atoms with van der Waals surface area (Å²) in [6.07, 6.45) is 5.49. The third-order valence-electron chi connectivity index (χ3n) is 4.35. The van der Waals surface area contributed by atoms with E-state index in [1.54, 1.807) is 7.11 Å². The molecule has 1 aromatic heterocycles. The Kier molecular flexibility index (Phi) is 3.62. The van der Waals surface area contributed by atoms with Crippen LogP contribution in [0.3, 0.4) is 0 Å². The summed E-state index contributed by atoms with van der Waals surface area (Å²) in [5.74, 6) is 1.74. The molecule has 1 unspecified atom stereocenters. The van der Waals surface area contributed by atoms with Gasteiger partial charge in [0.05, 0.1) is 7.11 Å². The molecular weight excluding hydrogens is 224 g/mol. The first-order valence-electron chi connectivity index (χ1n) is 6.71. The second-order valence-corrected chi connectivity index (χ2v) is 5.86. The summed E-state index contributed by atoms with van der Waals surface area (Å²) in [5, 5.41) is 0. The first-order chi connectivity index (χ1) is 8.51. The van der Waals surface area contributed by atoms with E-state index in [-0.39, 0.29) is 5.41 Å². The van der Waals surface area contributed by atoms with Gasteiger partial charge in [-0.1, -0.05) is 6.92 Å². The van der Waals surface area contributed by atoms with E-state index in [1.807, 2.05) is 13.1 Å². The molecule has 1 atom stereocenters. The average Bonchev–Trinajstić information content (AvgIpc) is 3.18. The van der Waals surface area contributed by atoms with Crippen molar-refractivity contribution in [2.24, 2.45) is 17.1 Å². The first-order valence-corrected chi connectivity index (χ1v) is 6.71. The topological polar surface area (TPSA) is 48.1 Å². The van der Waals surface area contributed by atoms with E-state index >= 15 is 0 Å². The van der Waals surface area contributed by atoms with Crippen molar-refractivity contribution in [3.05, 3.63) is 23.0 Å². The second kappa shape index (κ2) is 4.88. The number of methoxy groups -OCH3 is 1. The lowest BCUT2D eigenvalue weighted by molar-refractivity contribution is 0.277. The summed E-state index contributed by atoms with van der Waals surface area (Å²) in [4.78, 5) is 4.59. The molecule has 100 valence electrons. The molecule has 2 N–H and O–H groups in total. The molecule has 0 aliphatic heterocycles. The molecule has 1 fully saturated rings. The normalized spacial score (nSPS) is 18.5. The SMILES string of the molecule is COc1c(C)cnc(CC(C)(CN)C2CC2)c1C. The van der Waals surface area contributed by atoms with E-state index in [2.05, 4.69) is 18.8 Å². The largest absolute Gasteiger partial charge is 0.496 e. The molecule has 1 heterocycles. The van der Waals surface area contributed by atoms with Crippen LogP contribution >= 0.6 is 0 Å². The predicted molar refractivity (Wildman–Crippen MR) is 73.9 cm³/mol. The van der Waals surface area contributed by atoms with Crippen molar-refractivity contribution in [2.75, 3.05) is 13.7 Å². The summed E-state index contributed by atoms with van der Waals surface area (Å²) < 4.78 is 5.47. The van der Waals surface area contributed by atoms with Crippen LogP contribution in [0.1, 0.15) is 36.6 Å². The predicted octanol–water partition coefficient (Wildman–Crippen LogP) is 2.62. The number of hydrogen-bond acceptors (Lipinski definition) is 3. The number of hydrogen-bond donors (Lipinski definition) is 1. The quantitative estimate of drug-likeness (QED) is 0.871. The molecule has 0 spiro atoms. The van der Waals surface area contributed by atoms with E-state index in [4.69, 9.17) is 10.5 Å². The Bertz CT molecular complexity index is 440. The van der Waals surface area contributed by atoms with Crippen molar-refractivity contribution >= 4 is 0 Å². The third kappa shape index (κ3) is 2.37. The highest BCUT2D eigenvalue weighted by Crippen LogP contribution is 2.47. The molecule has 1 aliphatic carbocycles. The van der Waals surface area contributed by atoms with Crippen molar-refractivity contribution in [3.8, 4) is 5.75 Å². The molecule has 0 bridgehead atoms. The van der Waals surface area contributed by atoms with E-state index in [9.17, 15) is 0 Å². The van der Waals surface area contributed by atoms with Crippen LogP contribution in [0, 0.1) is 25.2 Å². The maximum Gasteiger partial charge on any atom is 0.128 e. The standard InChI is InChI=1S/C15H24N2O/c1-10-8-17-13(11(2)14(10)18-4)7-15(3,9-16)12-5-6-12/h8,12H,5-7,9,16H2,1-4H3. The molecule has 1 saturated carbocycles. The number of pyridine rings is 1. The van der Waals surface area contributed by atoms with Gasteiger partial charge < -0.3 is 10.5 Å². The van der Waals surface area contributed by atoms with Crippen LogP contribution in [0.4, 0.5) is 0 Å².